The van der Waals surface area contributed by atoms with Crippen LogP contribution in [0, 0.1) is 0 Å². The summed E-state index contributed by atoms with van der Waals surface area (Å²) in [5.41, 5.74) is 4.33. The lowest BCUT2D eigenvalue weighted by atomic mass is 10.1. The summed E-state index contributed by atoms with van der Waals surface area (Å²) in [6, 6.07) is 0. The molecule has 0 fully saturated rings. The third kappa shape index (κ3) is 4.05. The van der Waals surface area contributed by atoms with Gasteiger partial charge in [-0.3, -0.25) is 0 Å². The van der Waals surface area contributed by atoms with Gasteiger partial charge in [0.15, 0.2) is 0 Å². The Morgan fingerprint density at radius 1 is 1.44 bits per heavy atom. The Hall–Kier alpha value is -0.480. The van der Waals surface area contributed by atoms with E-state index in [0.717, 1.165) is 6.42 Å². The minimum Gasteiger partial charge on any atom is -0.130 e. The summed E-state index contributed by atoms with van der Waals surface area (Å²) < 4.78 is 0. The third-order valence-corrected chi connectivity index (χ3v) is 1.51. The van der Waals surface area contributed by atoms with Crippen molar-refractivity contribution in [1.82, 2.24) is 0 Å². The molecule has 0 rings (SSSR count). The van der Waals surface area contributed by atoms with Gasteiger partial charge in [-0.15, -0.1) is 5.73 Å². The molecule has 0 aromatic heterocycles. The standard InChI is InChI=1S/C9H16/c1-4-7-8-9(5-2)6-3/h2,4,6-8H2,1,3H3. The summed E-state index contributed by atoms with van der Waals surface area (Å²) in [4.78, 5) is 0. The zero-order chi connectivity index (χ0) is 7.11. The van der Waals surface area contributed by atoms with Crippen molar-refractivity contribution < 1.29 is 0 Å². The molecule has 0 aromatic carbocycles. The molecule has 0 saturated carbocycles. The third-order valence-electron chi connectivity index (χ3n) is 1.51. The van der Waals surface area contributed by atoms with Gasteiger partial charge in [0.2, 0.25) is 0 Å². The van der Waals surface area contributed by atoms with Crippen molar-refractivity contribution in [2.24, 2.45) is 0 Å². The normalized spacial score (nSPS) is 8.67. The van der Waals surface area contributed by atoms with Crippen molar-refractivity contribution in [3.05, 3.63) is 17.9 Å². The lowest BCUT2D eigenvalue weighted by Gasteiger charge is -1.96. The summed E-state index contributed by atoms with van der Waals surface area (Å²) in [7, 11) is 0. The van der Waals surface area contributed by atoms with E-state index < -0.39 is 0 Å². The highest BCUT2D eigenvalue weighted by Gasteiger charge is 1.89. The molecule has 0 aliphatic heterocycles. The monoisotopic (exact) mass is 124 g/mol. The smallest absolute Gasteiger partial charge is 0.0244 e. The van der Waals surface area contributed by atoms with Gasteiger partial charge in [0, 0.05) is 0 Å². The van der Waals surface area contributed by atoms with Crippen LogP contribution in [0.5, 0.6) is 0 Å². The Balaban J connectivity index is 3.45. The molecular weight excluding hydrogens is 108 g/mol. The highest BCUT2D eigenvalue weighted by molar-refractivity contribution is 4.97. The van der Waals surface area contributed by atoms with Crippen LogP contribution in [0.2, 0.25) is 0 Å². The zero-order valence-corrected chi connectivity index (χ0v) is 6.54. The van der Waals surface area contributed by atoms with E-state index in [9.17, 15) is 0 Å². The maximum Gasteiger partial charge on any atom is -0.0244 e. The van der Waals surface area contributed by atoms with Crippen LogP contribution in [0.25, 0.3) is 0 Å². The lowest BCUT2D eigenvalue weighted by Crippen LogP contribution is -1.77. The predicted molar refractivity (Wildman–Crippen MR) is 42.5 cm³/mol. The van der Waals surface area contributed by atoms with Crippen molar-refractivity contribution in [2.75, 3.05) is 0 Å². The van der Waals surface area contributed by atoms with Gasteiger partial charge in [-0.25, -0.2) is 0 Å². The van der Waals surface area contributed by atoms with E-state index in [1.165, 1.54) is 24.8 Å². The van der Waals surface area contributed by atoms with Crippen LogP contribution in [0.3, 0.4) is 0 Å². The van der Waals surface area contributed by atoms with Crippen molar-refractivity contribution in [1.29, 1.82) is 0 Å². The van der Waals surface area contributed by atoms with Gasteiger partial charge < -0.3 is 0 Å². The molecule has 0 aliphatic rings. The molecule has 0 spiro atoms. The van der Waals surface area contributed by atoms with Crippen LogP contribution in [-0.2, 0) is 0 Å². The fraction of sp³-hybridized carbons (Fsp3) is 0.667. The summed E-state index contributed by atoms with van der Waals surface area (Å²) in [6.07, 6.45) is 4.86. The van der Waals surface area contributed by atoms with Crippen molar-refractivity contribution in [3.63, 3.8) is 0 Å². The van der Waals surface area contributed by atoms with Crippen LogP contribution in [0.4, 0.5) is 0 Å². The number of hydrogen-bond acceptors (Lipinski definition) is 0. The topological polar surface area (TPSA) is 0 Å². The van der Waals surface area contributed by atoms with Gasteiger partial charge in [-0.05, 0) is 24.8 Å². The molecule has 0 atom stereocenters. The Kier molecular flexibility index (Phi) is 5.35. The molecule has 0 radical (unpaired) electrons. The van der Waals surface area contributed by atoms with Crippen molar-refractivity contribution >= 4 is 0 Å². The fourth-order valence-corrected chi connectivity index (χ4v) is 0.780. The van der Waals surface area contributed by atoms with E-state index >= 15 is 0 Å². The van der Waals surface area contributed by atoms with Crippen LogP contribution >= 0.6 is 0 Å². The molecule has 52 valence electrons. The number of hydrogen-bond donors (Lipinski definition) is 0. The van der Waals surface area contributed by atoms with E-state index in [4.69, 9.17) is 0 Å². The Labute approximate surface area is 58.3 Å². The molecule has 0 heterocycles. The molecule has 0 bridgehead atoms. The predicted octanol–water partition coefficient (Wildman–Crippen LogP) is 3.30. The zero-order valence-electron chi connectivity index (χ0n) is 6.54. The molecule has 0 amide bonds. The number of allylic oxidation sites excluding steroid dienone is 1. The Morgan fingerprint density at radius 3 is 2.44 bits per heavy atom. The lowest BCUT2D eigenvalue weighted by molar-refractivity contribution is 0.768. The largest absolute Gasteiger partial charge is 0.130 e. The first-order chi connectivity index (χ1) is 4.35. The molecule has 0 unspecified atom stereocenters. The van der Waals surface area contributed by atoms with E-state index in [1.54, 1.807) is 0 Å². The second-order valence-corrected chi connectivity index (χ2v) is 2.24. The summed E-state index contributed by atoms with van der Waals surface area (Å²) >= 11 is 0. The van der Waals surface area contributed by atoms with Gasteiger partial charge in [0.1, 0.15) is 0 Å². The first-order valence-corrected chi connectivity index (χ1v) is 3.72. The molecule has 0 nitrogen and oxygen atoms in total. The molecular formula is C9H16. The van der Waals surface area contributed by atoms with E-state index in [1.807, 2.05) is 0 Å². The molecule has 0 N–H and O–H groups in total. The van der Waals surface area contributed by atoms with E-state index in [-0.39, 0.29) is 0 Å². The molecule has 0 aromatic rings. The van der Waals surface area contributed by atoms with Gasteiger partial charge in [-0.2, -0.15) is 0 Å². The number of unbranched alkanes of at least 4 members (excludes halogenated alkanes) is 1. The molecule has 0 aliphatic carbocycles. The SMILES string of the molecule is C=C=C(CC)CCCC. The second-order valence-electron chi connectivity index (χ2n) is 2.24. The minimum absolute atomic E-state index is 1.11. The van der Waals surface area contributed by atoms with Gasteiger partial charge in [-0.1, -0.05) is 26.8 Å². The first-order valence-electron chi connectivity index (χ1n) is 3.72. The summed E-state index contributed by atoms with van der Waals surface area (Å²) in [5.74, 6) is 0. The second kappa shape index (κ2) is 5.65. The van der Waals surface area contributed by atoms with Gasteiger partial charge >= 0.3 is 0 Å². The average molecular weight is 124 g/mol. The van der Waals surface area contributed by atoms with Crippen LogP contribution < -0.4 is 0 Å². The van der Waals surface area contributed by atoms with Crippen molar-refractivity contribution in [2.45, 2.75) is 39.5 Å². The van der Waals surface area contributed by atoms with Crippen LogP contribution in [0.1, 0.15) is 39.5 Å². The van der Waals surface area contributed by atoms with E-state index in [0.29, 0.717) is 0 Å². The molecule has 9 heavy (non-hydrogen) atoms. The maximum atomic E-state index is 3.62. The van der Waals surface area contributed by atoms with Crippen LogP contribution in [0.15, 0.2) is 17.9 Å². The van der Waals surface area contributed by atoms with Crippen LogP contribution in [-0.4, -0.2) is 0 Å². The van der Waals surface area contributed by atoms with Gasteiger partial charge in [0.25, 0.3) is 0 Å². The summed E-state index contributed by atoms with van der Waals surface area (Å²) in [5, 5.41) is 0. The molecule has 0 saturated heterocycles. The highest BCUT2D eigenvalue weighted by Crippen LogP contribution is 2.08. The fourth-order valence-electron chi connectivity index (χ4n) is 0.780. The quantitative estimate of drug-likeness (QED) is 0.504. The minimum atomic E-state index is 1.11. The molecule has 0 heteroatoms. The van der Waals surface area contributed by atoms with E-state index in [2.05, 4.69) is 26.2 Å². The number of rotatable bonds is 4. The van der Waals surface area contributed by atoms with Crippen molar-refractivity contribution in [3.8, 4) is 0 Å². The van der Waals surface area contributed by atoms with Gasteiger partial charge in [0.05, 0.1) is 0 Å². The first kappa shape index (κ1) is 8.52. The Bertz CT molecular complexity index is 105. The Morgan fingerprint density at radius 2 is 2.11 bits per heavy atom. The maximum absolute atomic E-state index is 3.62. The summed E-state index contributed by atoms with van der Waals surface area (Å²) in [6.45, 7) is 7.98. The highest BCUT2D eigenvalue weighted by atomic mass is 13.9. The average Bonchev–Trinajstić information content (AvgIpc) is 1.91.